The molecule has 4 rings (SSSR count). The van der Waals surface area contributed by atoms with Crippen molar-refractivity contribution in [2.24, 2.45) is 0 Å². The van der Waals surface area contributed by atoms with Crippen molar-refractivity contribution in [1.29, 1.82) is 0 Å². The Labute approximate surface area is 146 Å². The molecule has 25 heavy (non-hydrogen) atoms. The summed E-state index contributed by atoms with van der Waals surface area (Å²) in [4.78, 5) is 14.4. The van der Waals surface area contributed by atoms with Gasteiger partial charge in [0.05, 0.1) is 25.9 Å². The summed E-state index contributed by atoms with van der Waals surface area (Å²) >= 11 is 0. The highest BCUT2D eigenvalue weighted by molar-refractivity contribution is 6.09. The van der Waals surface area contributed by atoms with E-state index < -0.39 is 0 Å². The molecule has 0 unspecified atom stereocenters. The van der Waals surface area contributed by atoms with Crippen molar-refractivity contribution in [1.82, 2.24) is 9.47 Å². The molecule has 1 aromatic heterocycles. The van der Waals surface area contributed by atoms with E-state index in [9.17, 15) is 4.79 Å². The fourth-order valence-corrected chi connectivity index (χ4v) is 3.60. The lowest BCUT2D eigenvalue weighted by Crippen LogP contribution is -2.38. The molecule has 2 aromatic carbocycles. The molecule has 0 aliphatic carbocycles. The second kappa shape index (κ2) is 6.86. The van der Waals surface area contributed by atoms with Gasteiger partial charge in [-0.3, -0.25) is 4.90 Å². The van der Waals surface area contributed by atoms with Crippen molar-refractivity contribution in [2.45, 2.75) is 6.54 Å². The number of rotatable bonds is 4. The predicted molar refractivity (Wildman–Crippen MR) is 98.0 cm³/mol. The van der Waals surface area contributed by atoms with E-state index in [1.807, 2.05) is 18.2 Å². The Hall–Kier alpha value is -2.37. The molecule has 1 saturated heterocycles. The Balaban J connectivity index is 1.76. The molecule has 1 aliphatic heterocycles. The molecule has 0 atom stereocenters. The fourth-order valence-electron chi connectivity index (χ4n) is 3.60. The summed E-state index contributed by atoms with van der Waals surface area (Å²) in [5.74, 6) is -0.299. The summed E-state index contributed by atoms with van der Waals surface area (Å²) in [6.07, 6.45) is 0. The summed E-state index contributed by atoms with van der Waals surface area (Å²) in [6, 6.07) is 14.2. The van der Waals surface area contributed by atoms with Crippen LogP contribution in [0.1, 0.15) is 10.4 Å². The van der Waals surface area contributed by atoms with Crippen LogP contribution in [0, 0.1) is 0 Å². The lowest BCUT2D eigenvalue weighted by atomic mass is 10.1. The van der Waals surface area contributed by atoms with Crippen molar-refractivity contribution in [2.75, 3.05) is 40.0 Å². The third-order valence-electron chi connectivity index (χ3n) is 4.94. The number of esters is 1. The quantitative estimate of drug-likeness (QED) is 0.686. The van der Waals surface area contributed by atoms with Crippen LogP contribution in [0.4, 0.5) is 0 Å². The molecule has 0 bridgehead atoms. The molecule has 3 aromatic rings. The summed E-state index contributed by atoms with van der Waals surface area (Å²) in [7, 11) is 1.42. The second-order valence-electron chi connectivity index (χ2n) is 6.35. The van der Waals surface area contributed by atoms with Crippen LogP contribution in [0.15, 0.2) is 42.5 Å². The number of methoxy groups -OCH3 is 1. The number of carbonyl (C=O) groups excluding carboxylic acids is 1. The average molecular weight is 338 g/mol. The lowest BCUT2D eigenvalue weighted by molar-refractivity contribution is 0.0366. The number of hydrogen-bond acceptors (Lipinski definition) is 4. The van der Waals surface area contributed by atoms with Crippen molar-refractivity contribution in [3.8, 4) is 0 Å². The molecular weight excluding hydrogens is 316 g/mol. The normalized spacial score (nSPS) is 15.7. The molecule has 2 heterocycles. The largest absolute Gasteiger partial charge is 0.465 e. The van der Waals surface area contributed by atoms with E-state index in [0.717, 1.165) is 44.9 Å². The zero-order valence-corrected chi connectivity index (χ0v) is 14.4. The van der Waals surface area contributed by atoms with Crippen LogP contribution in [0.2, 0.25) is 0 Å². The topological polar surface area (TPSA) is 43.7 Å². The summed E-state index contributed by atoms with van der Waals surface area (Å²) in [5.41, 5.74) is 2.87. The van der Waals surface area contributed by atoms with E-state index in [1.54, 1.807) is 0 Å². The van der Waals surface area contributed by atoms with Crippen LogP contribution in [0.5, 0.6) is 0 Å². The summed E-state index contributed by atoms with van der Waals surface area (Å²) < 4.78 is 12.6. The molecule has 0 N–H and O–H groups in total. The van der Waals surface area contributed by atoms with Gasteiger partial charge >= 0.3 is 5.97 Å². The smallest absolute Gasteiger partial charge is 0.337 e. The zero-order chi connectivity index (χ0) is 17.2. The highest BCUT2D eigenvalue weighted by Crippen LogP contribution is 2.29. The van der Waals surface area contributed by atoms with Gasteiger partial charge in [0.25, 0.3) is 0 Å². The first-order valence-corrected chi connectivity index (χ1v) is 8.67. The van der Waals surface area contributed by atoms with E-state index in [-0.39, 0.29) is 5.97 Å². The van der Waals surface area contributed by atoms with Crippen LogP contribution in [0.3, 0.4) is 0 Å². The number of morpholine rings is 1. The van der Waals surface area contributed by atoms with E-state index in [2.05, 4.69) is 33.7 Å². The maximum atomic E-state index is 11.9. The van der Waals surface area contributed by atoms with Crippen LogP contribution in [-0.2, 0) is 16.0 Å². The molecule has 0 radical (unpaired) electrons. The van der Waals surface area contributed by atoms with Crippen molar-refractivity contribution in [3.63, 3.8) is 0 Å². The van der Waals surface area contributed by atoms with Crippen LogP contribution >= 0.6 is 0 Å². The van der Waals surface area contributed by atoms with E-state index in [1.165, 1.54) is 23.4 Å². The van der Waals surface area contributed by atoms with Gasteiger partial charge in [0.15, 0.2) is 0 Å². The Kier molecular flexibility index (Phi) is 4.42. The van der Waals surface area contributed by atoms with Crippen LogP contribution < -0.4 is 0 Å². The fraction of sp³-hybridized carbons (Fsp3) is 0.350. The molecule has 0 spiro atoms. The van der Waals surface area contributed by atoms with Crippen molar-refractivity contribution in [3.05, 3.63) is 48.0 Å². The number of benzene rings is 2. The molecule has 5 nitrogen and oxygen atoms in total. The van der Waals surface area contributed by atoms with Crippen LogP contribution in [-0.4, -0.2) is 55.4 Å². The summed E-state index contributed by atoms with van der Waals surface area (Å²) in [5, 5.41) is 2.39. The monoisotopic (exact) mass is 338 g/mol. The summed E-state index contributed by atoms with van der Waals surface area (Å²) in [6.45, 7) is 5.42. The van der Waals surface area contributed by atoms with Gasteiger partial charge in [-0.25, -0.2) is 4.79 Å². The first kappa shape index (κ1) is 16.1. The molecule has 130 valence electrons. The number of fused-ring (bicyclic) bond motifs is 3. The number of carbonyl (C=O) groups is 1. The number of hydrogen-bond donors (Lipinski definition) is 0. The lowest BCUT2D eigenvalue weighted by Gasteiger charge is -2.26. The predicted octanol–water partition coefficient (Wildman–Crippen LogP) is 2.91. The van der Waals surface area contributed by atoms with Gasteiger partial charge in [-0.2, -0.15) is 0 Å². The van der Waals surface area contributed by atoms with E-state index >= 15 is 0 Å². The third-order valence-corrected chi connectivity index (χ3v) is 4.94. The maximum absolute atomic E-state index is 11.9. The van der Waals surface area contributed by atoms with Gasteiger partial charge in [0, 0.05) is 48.0 Å². The highest BCUT2D eigenvalue weighted by Gasteiger charge is 2.15. The maximum Gasteiger partial charge on any atom is 0.337 e. The van der Waals surface area contributed by atoms with Gasteiger partial charge in [0.1, 0.15) is 0 Å². The second-order valence-corrected chi connectivity index (χ2v) is 6.35. The molecule has 0 amide bonds. The van der Waals surface area contributed by atoms with Gasteiger partial charge in [-0.05, 0) is 18.2 Å². The van der Waals surface area contributed by atoms with Gasteiger partial charge in [-0.15, -0.1) is 0 Å². The number of nitrogens with zero attached hydrogens (tertiary/aromatic N) is 2. The van der Waals surface area contributed by atoms with E-state index in [4.69, 9.17) is 9.47 Å². The number of para-hydroxylation sites is 1. The van der Waals surface area contributed by atoms with Gasteiger partial charge in [0.2, 0.25) is 0 Å². The third kappa shape index (κ3) is 3.01. The van der Waals surface area contributed by atoms with Gasteiger partial charge < -0.3 is 14.0 Å². The SMILES string of the molecule is COC(=O)c1ccc2c3ccccc3n(CCN3CCOCC3)c2c1. The molecule has 0 saturated carbocycles. The number of aromatic nitrogens is 1. The first-order chi connectivity index (χ1) is 12.3. The standard InChI is InChI=1S/C20H22N2O3/c1-24-20(23)15-6-7-17-16-4-2-3-5-18(16)22(19(17)14-15)9-8-21-10-12-25-13-11-21/h2-7,14H,8-13H2,1H3. The van der Waals surface area contributed by atoms with Gasteiger partial charge in [-0.1, -0.05) is 24.3 Å². The Morgan fingerprint density at radius 1 is 1.04 bits per heavy atom. The van der Waals surface area contributed by atoms with E-state index in [0.29, 0.717) is 5.56 Å². The van der Waals surface area contributed by atoms with Crippen LogP contribution in [0.25, 0.3) is 21.8 Å². The highest BCUT2D eigenvalue weighted by atomic mass is 16.5. The number of ether oxygens (including phenoxy) is 2. The van der Waals surface area contributed by atoms with Crippen molar-refractivity contribution >= 4 is 27.8 Å². The average Bonchev–Trinajstić information content (AvgIpc) is 2.99. The minimum Gasteiger partial charge on any atom is -0.465 e. The molecule has 5 heteroatoms. The first-order valence-electron chi connectivity index (χ1n) is 8.67. The Morgan fingerprint density at radius 3 is 2.60 bits per heavy atom. The van der Waals surface area contributed by atoms with Crippen molar-refractivity contribution < 1.29 is 14.3 Å². The minimum absolute atomic E-state index is 0.299. The Bertz CT molecular complexity index is 910. The molecule has 1 fully saturated rings. The molecule has 1 aliphatic rings. The minimum atomic E-state index is -0.299. The Morgan fingerprint density at radius 2 is 1.80 bits per heavy atom. The zero-order valence-electron chi connectivity index (χ0n) is 14.4. The molecular formula is C20H22N2O3.